The number of alkyl halides is 1. The van der Waals surface area contributed by atoms with Crippen LogP contribution in [0.3, 0.4) is 0 Å². The molecule has 17 N–H and O–H groups in total. The van der Waals surface area contributed by atoms with Gasteiger partial charge in [-0.3, -0.25) is 19.2 Å². The van der Waals surface area contributed by atoms with Crippen molar-refractivity contribution < 1.29 is 152 Å². The number of ketones is 2. The van der Waals surface area contributed by atoms with E-state index in [0.717, 1.165) is 30.8 Å². The van der Waals surface area contributed by atoms with Gasteiger partial charge >= 0.3 is 18.2 Å². The van der Waals surface area contributed by atoms with Crippen LogP contribution in [0.25, 0.3) is 0 Å². The van der Waals surface area contributed by atoms with E-state index in [1.165, 1.54) is 0 Å². The van der Waals surface area contributed by atoms with Gasteiger partial charge in [-0.2, -0.15) is 0 Å². The number of nitrogens with two attached hydrogens (primary N) is 2. The summed E-state index contributed by atoms with van der Waals surface area (Å²) >= 11 is 5.98. The van der Waals surface area contributed by atoms with E-state index < -0.39 is 185 Å². The highest BCUT2D eigenvalue weighted by Gasteiger charge is 2.54. The third kappa shape index (κ3) is 25.2. The molecule has 95 heavy (non-hydrogen) atoms. The maximum atomic E-state index is 13.7. The molecule has 0 aromatic heterocycles. The van der Waals surface area contributed by atoms with Crippen molar-refractivity contribution in [1.29, 1.82) is 0 Å². The van der Waals surface area contributed by atoms with Crippen LogP contribution in [0.4, 0.5) is 15.3 Å². The molecular weight excluding hydrogens is 1300 g/mol. The molecule has 4 aliphatic heterocycles. The Morgan fingerprint density at radius 2 is 0.989 bits per heavy atom. The Balaban J connectivity index is 1.11. The van der Waals surface area contributed by atoms with Crippen molar-refractivity contribution in [2.75, 3.05) is 103 Å². The first-order chi connectivity index (χ1) is 45.5. The topological polar surface area (TPSA) is 532 Å². The lowest BCUT2D eigenvalue weighted by Crippen LogP contribution is -2.65. The first-order valence-corrected chi connectivity index (χ1v) is 32.0. The molecule has 0 spiro atoms. The van der Waals surface area contributed by atoms with E-state index in [1.54, 1.807) is 0 Å². The molecule has 35 nitrogen and oxygen atoms in total. The number of hydrogen-bond donors (Lipinski definition) is 15. The average Bonchev–Trinajstić information content (AvgIpc) is 0.803. The Bertz CT molecular complexity index is 2440. The molecule has 5 rings (SSSR count). The van der Waals surface area contributed by atoms with E-state index in [2.05, 4.69) is 17.1 Å². The SMILES string of the molecule is CCCN(CCCl)c1ccc(CCCC(=O)OCCCC(=O)CC(CC(=O)CCCOCCO[C@H]2O[C@@H](CO)[C@@H](O)[C@H](O)[C@@H]2O[C@H]2O[C@H](CO)[C@@H](O)[C@H](OC(N)=O)[C@@H]2O)C(=O)NCCOCCO[C@H]2O[C@@H](CO)[C@@H](O)[C@H](O)[C@@H]2O[C@H]2O[C@H](CO)[C@@H](O)[C@H](OC(N)=O)[C@@H]2O)cc1. The summed E-state index contributed by atoms with van der Waals surface area (Å²) in [6, 6.07) is 8.07. The second-order valence-corrected chi connectivity index (χ2v) is 23.3. The monoisotopic (exact) mass is 1390 g/mol. The molecule has 4 saturated heterocycles. The minimum atomic E-state index is -1.96. The van der Waals surface area contributed by atoms with Crippen molar-refractivity contribution in [3.63, 3.8) is 0 Å². The van der Waals surface area contributed by atoms with Crippen LogP contribution in [0, 0.1) is 5.92 Å². The highest BCUT2D eigenvalue weighted by molar-refractivity contribution is 6.18. The standard InChI is InChI=1S/C59H95ClN4O31/c1-2-16-64(17-14-60)33-12-10-31(11-13-33)6-3-9-40(71)85-19-5-8-35(70)26-32(53(80)63-15-20-84-22-24-87-57-52(46(77)42(73)37(28-66)91-57)93-55-48(79)50(95-59(62)82)44(75)39(30-68)89-55)25-34(69)7-4-18-83-21-23-86-56-51(45(76)41(72)36(27-65)90-56)92-54-47(78)49(94-58(61)81)43(74)38(29-67)88-54/h10-13,32,36-39,41-52,54-57,65-68,72-79H,2-9,14-30H2,1H3,(H2,61,81)(H2,62,82)(H,63,80)/t32?,36-,37-,38+,39+,41+,42+,43+,44+,45-,46-,47-,48-,49-,50-,51-,52-,54+,55+,56-,57-/m0/s1. The molecule has 0 saturated carbocycles. The molecule has 0 aliphatic carbocycles. The largest absolute Gasteiger partial charge is 0.466 e. The van der Waals surface area contributed by atoms with E-state index in [4.69, 9.17) is 84.6 Å². The van der Waals surface area contributed by atoms with Crippen molar-refractivity contribution in [3.8, 4) is 0 Å². The predicted molar refractivity (Wildman–Crippen MR) is 321 cm³/mol. The number of aliphatic hydroxyl groups excluding tert-OH is 12. The maximum absolute atomic E-state index is 13.7. The van der Waals surface area contributed by atoms with Crippen LogP contribution in [-0.2, 0) is 87.2 Å². The molecule has 0 bridgehead atoms. The molecule has 1 unspecified atom stereocenters. The van der Waals surface area contributed by atoms with E-state index in [-0.39, 0.29) is 104 Å². The van der Waals surface area contributed by atoms with Gasteiger partial charge in [-0.1, -0.05) is 19.1 Å². The van der Waals surface area contributed by atoms with Gasteiger partial charge in [-0.25, -0.2) is 9.59 Å². The number of nitrogens with zero attached hydrogens (tertiary/aromatic N) is 1. The Morgan fingerprint density at radius 3 is 1.44 bits per heavy atom. The first-order valence-electron chi connectivity index (χ1n) is 31.5. The number of ether oxygens (including phenoxy) is 13. The molecule has 4 fully saturated rings. The fraction of sp³-hybridized carbons (Fsp3) is 0.797. The van der Waals surface area contributed by atoms with Crippen molar-refractivity contribution in [2.45, 2.75) is 194 Å². The summed E-state index contributed by atoms with van der Waals surface area (Å²) < 4.78 is 71.2. The summed E-state index contributed by atoms with van der Waals surface area (Å²) in [4.78, 5) is 78.4. The Labute approximate surface area is 552 Å². The minimum absolute atomic E-state index is 0.0288. The lowest BCUT2D eigenvalue weighted by Gasteiger charge is -2.46. The van der Waals surface area contributed by atoms with E-state index in [0.29, 0.717) is 18.7 Å². The van der Waals surface area contributed by atoms with Gasteiger partial charge in [0.2, 0.25) is 5.91 Å². The maximum Gasteiger partial charge on any atom is 0.404 e. The van der Waals surface area contributed by atoms with Gasteiger partial charge in [0.05, 0.1) is 72.0 Å². The Morgan fingerprint density at radius 1 is 0.537 bits per heavy atom. The van der Waals surface area contributed by atoms with Crippen molar-refractivity contribution in [3.05, 3.63) is 29.8 Å². The van der Waals surface area contributed by atoms with Crippen LogP contribution in [0.15, 0.2) is 24.3 Å². The summed E-state index contributed by atoms with van der Waals surface area (Å²) in [6.07, 6.45) is -35.3. The Kier molecular flexibility index (Phi) is 36.0. The minimum Gasteiger partial charge on any atom is -0.466 e. The number of benzene rings is 1. The molecule has 4 heterocycles. The van der Waals surface area contributed by atoms with Crippen LogP contribution >= 0.6 is 11.6 Å². The molecule has 1 aromatic carbocycles. The number of aliphatic hydroxyl groups is 12. The number of esters is 1. The molecule has 3 amide bonds. The normalized spacial score (nSPS) is 31.2. The molecular formula is C59H95ClN4O31. The van der Waals surface area contributed by atoms with Gasteiger partial charge in [0, 0.05) is 69.9 Å². The van der Waals surface area contributed by atoms with Gasteiger partial charge in [-0.15, -0.1) is 11.6 Å². The summed E-state index contributed by atoms with van der Waals surface area (Å²) in [7, 11) is 0. The third-order valence-corrected chi connectivity index (χ3v) is 16.0. The predicted octanol–water partition coefficient (Wildman–Crippen LogP) is -5.26. The van der Waals surface area contributed by atoms with E-state index in [9.17, 15) is 90.0 Å². The number of rotatable bonds is 43. The summed E-state index contributed by atoms with van der Waals surface area (Å²) in [5, 5.41) is 128. The number of hydrogen-bond acceptors (Lipinski definition) is 32. The summed E-state index contributed by atoms with van der Waals surface area (Å²) in [5.74, 6) is -2.55. The Hall–Kier alpha value is -4.75. The number of amides is 3. The number of anilines is 1. The summed E-state index contributed by atoms with van der Waals surface area (Å²) in [6.45, 7) is -0.914. The molecule has 36 heteroatoms. The molecule has 21 atom stereocenters. The highest BCUT2D eigenvalue weighted by Crippen LogP contribution is 2.33. The fourth-order valence-electron chi connectivity index (χ4n) is 10.9. The summed E-state index contributed by atoms with van der Waals surface area (Å²) in [5.41, 5.74) is 12.3. The number of carbonyl (C=O) groups is 6. The van der Waals surface area contributed by atoms with Crippen LogP contribution in [-0.4, -0.2) is 318 Å². The quantitative estimate of drug-likeness (QED) is 0.0126. The zero-order valence-electron chi connectivity index (χ0n) is 52.7. The van der Waals surface area contributed by atoms with Gasteiger partial charge < -0.3 is 145 Å². The molecule has 1 aromatic rings. The van der Waals surface area contributed by atoms with Crippen LogP contribution in [0.2, 0.25) is 0 Å². The van der Waals surface area contributed by atoms with Crippen LogP contribution in [0.1, 0.15) is 70.3 Å². The number of aryl methyl sites for hydroxylation is 1. The average molecular weight is 1390 g/mol. The zero-order chi connectivity index (χ0) is 69.7. The highest BCUT2D eigenvalue weighted by atomic mass is 35.5. The molecule has 0 radical (unpaired) electrons. The zero-order valence-corrected chi connectivity index (χ0v) is 53.5. The van der Waals surface area contributed by atoms with E-state index >= 15 is 0 Å². The third-order valence-electron chi connectivity index (χ3n) is 15.9. The van der Waals surface area contributed by atoms with E-state index in [1.807, 2.05) is 24.3 Å². The van der Waals surface area contributed by atoms with Gasteiger partial charge in [0.25, 0.3) is 0 Å². The fourth-order valence-corrected chi connectivity index (χ4v) is 11.1. The van der Waals surface area contributed by atoms with Gasteiger partial charge in [-0.05, 0) is 49.8 Å². The van der Waals surface area contributed by atoms with Crippen LogP contribution < -0.4 is 21.7 Å². The number of Topliss-reactive ketones (excluding diaryl/α,β-unsaturated/α-hetero) is 2. The molecule has 544 valence electrons. The van der Waals surface area contributed by atoms with Gasteiger partial charge in [0.1, 0.15) is 97.0 Å². The second-order valence-electron chi connectivity index (χ2n) is 22.9. The number of primary amides is 2. The lowest BCUT2D eigenvalue weighted by atomic mass is 9.92. The number of halogens is 1. The van der Waals surface area contributed by atoms with Crippen molar-refractivity contribution in [2.24, 2.45) is 17.4 Å². The van der Waals surface area contributed by atoms with Crippen molar-refractivity contribution in [1.82, 2.24) is 5.32 Å². The molecule has 4 aliphatic rings. The van der Waals surface area contributed by atoms with Crippen molar-refractivity contribution >= 4 is 52.9 Å². The number of carbonyl (C=O) groups excluding carboxylic acids is 6. The first kappa shape index (κ1) is 80.9. The smallest absolute Gasteiger partial charge is 0.404 e. The number of nitrogens with one attached hydrogen (secondary N) is 1. The van der Waals surface area contributed by atoms with Crippen LogP contribution in [0.5, 0.6) is 0 Å². The van der Waals surface area contributed by atoms with Gasteiger partial charge in [0.15, 0.2) is 37.4 Å². The lowest BCUT2D eigenvalue weighted by molar-refractivity contribution is -0.367. The second kappa shape index (κ2) is 42.3.